The molecule has 0 bridgehead atoms. The molecule has 0 atom stereocenters. The maximum atomic E-state index is 11.9. The Kier molecular flexibility index (Phi) is 3.84. The van der Waals surface area contributed by atoms with Crippen molar-refractivity contribution in [1.82, 2.24) is 20.1 Å². The van der Waals surface area contributed by atoms with E-state index in [9.17, 15) is 9.59 Å². The monoisotopic (exact) mass is 311 g/mol. The lowest BCUT2D eigenvalue weighted by Crippen LogP contribution is -2.35. The van der Waals surface area contributed by atoms with Gasteiger partial charge in [-0.3, -0.25) is 14.3 Å². The van der Waals surface area contributed by atoms with Crippen molar-refractivity contribution in [3.8, 4) is 0 Å². The average Bonchev–Trinajstić information content (AvgIpc) is 3.10. The fraction of sp³-hybridized carbons (Fsp3) is 0.188. The number of H-pyrrole nitrogens is 1. The summed E-state index contributed by atoms with van der Waals surface area (Å²) in [7, 11) is 1.81. The summed E-state index contributed by atoms with van der Waals surface area (Å²) in [6.45, 7) is 2.12. The third kappa shape index (κ3) is 3.23. The molecule has 1 aromatic carbocycles. The first kappa shape index (κ1) is 14.8. The quantitative estimate of drug-likeness (QED) is 0.640. The lowest BCUT2D eigenvalue weighted by molar-refractivity contribution is -0.136. The first-order valence-electron chi connectivity index (χ1n) is 7.18. The summed E-state index contributed by atoms with van der Waals surface area (Å²) in [6, 6.07) is 7.30. The van der Waals surface area contributed by atoms with Crippen molar-refractivity contribution < 1.29 is 9.59 Å². The lowest BCUT2D eigenvalue weighted by Gasteiger charge is -2.06. The highest BCUT2D eigenvalue weighted by molar-refractivity contribution is 6.39. The molecule has 0 aliphatic heterocycles. The van der Waals surface area contributed by atoms with Gasteiger partial charge in [0.15, 0.2) is 0 Å². The van der Waals surface area contributed by atoms with E-state index in [0.717, 1.165) is 22.2 Å². The zero-order valence-electron chi connectivity index (χ0n) is 12.9. The van der Waals surface area contributed by atoms with Crippen LogP contribution in [0.25, 0.3) is 10.9 Å². The molecule has 0 radical (unpaired) electrons. The van der Waals surface area contributed by atoms with Gasteiger partial charge >= 0.3 is 11.8 Å². The smallest absolute Gasteiger partial charge is 0.313 e. The van der Waals surface area contributed by atoms with E-state index in [-0.39, 0.29) is 6.54 Å². The Morgan fingerprint density at radius 1 is 1.26 bits per heavy atom. The summed E-state index contributed by atoms with van der Waals surface area (Å²) in [4.78, 5) is 26.9. The van der Waals surface area contributed by atoms with Crippen molar-refractivity contribution in [2.45, 2.75) is 13.5 Å². The van der Waals surface area contributed by atoms with Crippen LogP contribution in [-0.4, -0.2) is 26.6 Å². The molecule has 0 unspecified atom stereocenters. The predicted octanol–water partition coefficient (Wildman–Crippen LogP) is 1.46. The van der Waals surface area contributed by atoms with E-state index in [0.29, 0.717) is 5.69 Å². The van der Waals surface area contributed by atoms with E-state index in [1.165, 1.54) is 0 Å². The van der Waals surface area contributed by atoms with Gasteiger partial charge in [-0.15, -0.1) is 0 Å². The SMILES string of the molecule is Cc1nn(C)cc1CNC(=O)C(=O)Nc1ccc2[nH]ccc2c1. The highest BCUT2D eigenvalue weighted by Crippen LogP contribution is 2.17. The average molecular weight is 311 g/mol. The molecule has 0 aliphatic carbocycles. The topological polar surface area (TPSA) is 91.8 Å². The standard InChI is InChI=1S/C16H17N5O2/c1-10-12(9-21(2)20-10)8-18-15(22)16(23)19-13-3-4-14-11(7-13)5-6-17-14/h3-7,9,17H,8H2,1-2H3,(H,18,22)(H,19,23). The number of benzene rings is 1. The molecule has 2 heterocycles. The van der Waals surface area contributed by atoms with Gasteiger partial charge in [-0.2, -0.15) is 5.10 Å². The van der Waals surface area contributed by atoms with Gasteiger partial charge in [-0.25, -0.2) is 0 Å². The fourth-order valence-electron chi connectivity index (χ4n) is 2.40. The molecule has 118 valence electrons. The number of aryl methyl sites for hydroxylation is 2. The Morgan fingerprint density at radius 2 is 2.09 bits per heavy atom. The lowest BCUT2D eigenvalue weighted by atomic mass is 10.2. The second-order valence-electron chi connectivity index (χ2n) is 5.33. The van der Waals surface area contributed by atoms with Crippen molar-refractivity contribution in [2.75, 3.05) is 5.32 Å². The molecule has 3 N–H and O–H groups in total. The van der Waals surface area contributed by atoms with Gasteiger partial charge in [-0.1, -0.05) is 0 Å². The highest BCUT2D eigenvalue weighted by Gasteiger charge is 2.14. The molecule has 0 fully saturated rings. The van der Waals surface area contributed by atoms with Crippen LogP contribution >= 0.6 is 0 Å². The summed E-state index contributed by atoms with van der Waals surface area (Å²) >= 11 is 0. The third-order valence-corrected chi connectivity index (χ3v) is 3.57. The van der Waals surface area contributed by atoms with Gasteiger partial charge < -0.3 is 15.6 Å². The molecular weight excluding hydrogens is 294 g/mol. The summed E-state index contributed by atoms with van der Waals surface area (Å²) < 4.78 is 1.67. The van der Waals surface area contributed by atoms with Gasteiger partial charge in [0.05, 0.1) is 5.69 Å². The Hall–Kier alpha value is -3.09. The molecule has 7 nitrogen and oxygen atoms in total. The molecule has 0 aliphatic rings. The van der Waals surface area contributed by atoms with Gasteiger partial charge in [-0.05, 0) is 31.2 Å². The van der Waals surface area contributed by atoms with Crippen LogP contribution in [0.3, 0.4) is 0 Å². The molecule has 2 amide bonds. The maximum Gasteiger partial charge on any atom is 0.313 e. The summed E-state index contributed by atoms with van der Waals surface area (Å²) in [6.07, 6.45) is 3.63. The Morgan fingerprint density at radius 3 is 2.83 bits per heavy atom. The first-order valence-corrected chi connectivity index (χ1v) is 7.18. The van der Waals surface area contributed by atoms with Crippen LogP contribution in [0.4, 0.5) is 5.69 Å². The van der Waals surface area contributed by atoms with Gasteiger partial charge in [0.2, 0.25) is 0 Å². The molecule has 2 aromatic heterocycles. The summed E-state index contributed by atoms with van der Waals surface area (Å²) in [5, 5.41) is 10.3. The maximum absolute atomic E-state index is 11.9. The van der Waals surface area contributed by atoms with E-state index in [4.69, 9.17) is 0 Å². The number of amides is 2. The Labute approximate surface area is 132 Å². The molecule has 0 spiro atoms. The van der Waals surface area contributed by atoms with Crippen LogP contribution in [0.2, 0.25) is 0 Å². The van der Waals surface area contributed by atoms with E-state index >= 15 is 0 Å². The molecule has 23 heavy (non-hydrogen) atoms. The number of carbonyl (C=O) groups excluding carboxylic acids is 2. The van der Waals surface area contributed by atoms with Gasteiger partial charge in [0, 0.05) is 48.1 Å². The number of aromatic amines is 1. The molecule has 0 saturated heterocycles. The van der Waals surface area contributed by atoms with Crippen molar-refractivity contribution in [2.24, 2.45) is 7.05 Å². The molecule has 3 rings (SSSR count). The van der Waals surface area contributed by atoms with E-state index in [2.05, 4.69) is 20.7 Å². The second kappa shape index (κ2) is 5.96. The largest absolute Gasteiger partial charge is 0.361 e. The minimum Gasteiger partial charge on any atom is -0.361 e. The van der Waals surface area contributed by atoms with Crippen LogP contribution < -0.4 is 10.6 Å². The molecule has 3 aromatic rings. The number of aromatic nitrogens is 3. The van der Waals surface area contributed by atoms with Crippen LogP contribution in [0.5, 0.6) is 0 Å². The number of hydrogen-bond acceptors (Lipinski definition) is 3. The summed E-state index contributed by atoms with van der Waals surface area (Å²) in [5.41, 5.74) is 3.25. The molecule has 7 heteroatoms. The van der Waals surface area contributed by atoms with Crippen molar-refractivity contribution in [1.29, 1.82) is 0 Å². The Balaban J connectivity index is 1.60. The predicted molar refractivity (Wildman–Crippen MR) is 86.7 cm³/mol. The third-order valence-electron chi connectivity index (χ3n) is 3.57. The number of anilines is 1. The van der Waals surface area contributed by atoms with Crippen LogP contribution in [0, 0.1) is 6.92 Å². The van der Waals surface area contributed by atoms with Crippen LogP contribution in [0.1, 0.15) is 11.3 Å². The number of nitrogens with one attached hydrogen (secondary N) is 3. The van der Waals surface area contributed by atoms with Crippen molar-refractivity contribution >= 4 is 28.4 Å². The minimum absolute atomic E-state index is 0.267. The second-order valence-corrected chi connectivity index (χ2v) is 5.33. The fourth-order valence-corrected chi connectivity index (χ4v) is 2.40. The highest BCUT2D eigenvalue weighted by atomic mass is 16.2. The van der Waals surface area contributed by atoms with Gasteiger partial charge in [0.1, 0.15) is 0 Å². The summed E-state index contributed by atoms with van der Waals surface area (Å²) in [5.74, 6) is -1.37. The van der Waals surface area contributed by atoms with E-state index < -0.39 is 11.8 Å². The van der Waals surface area contributed by atoms with E-state index in [1.54, 1.807) is 10.7 Å². The number of rotatable bonds is 3. The molecular formula is C16H17N5O2. The number of hydrogen-bond donors (Lipinski definition) is 3. The normalized spacial score (nSPS) is 10.7. The Bertz CT molecular complexity index is 878. The number of carbonyl (C=O) groups is 2. The van der Waals surface area contributed by atoms with Crippen LogP contribution in [-0.2, 0) is 23.2 Å². The van der Waals surface area contributed by atoms with E-state index in [1.807, 2.05) is 44.6 Å². The number of nitrogens with zero attached hydrogens (tertiary/aromatic N) is 2. The first-order chi connectivity index (χ1) is 11.0. The zero-order chi connectivity index (χ0) is 16.4. The van der Waals surface area contributed by atoms with Crippen LogP contribution in [0.15, 0.2) is 36.7 Å². The zero-order valence-corrected chi connectivity index (χ0v) is 12.9. The van der Waals surface area contributed by atoms with Gasteiger partial charge in [0.25, 0.3) is 0 Å². The molecule has 0 saturated carbocycles. The minimum atomic E-state index is -0.693. The number of fused-ring (bicyclic) bond motifs is 1. The van der Waals surface area contributed by atoms with Crippen molar-refractivity contribution in [3.63, 3.8) is 0 Å². The van der Waals surface area contributed by atoms with Crippen molar-refractivity contribution in [3.05, 3.63) is 47.9 Å².